The van der Waals surface area contributed by atoms with Gasteiger partial charge in [0.1, 0.15) is 17.9 Å². The third-order valence-corrected chi connectivity index (χ3v) is 5.05. The standard InChI is InChI=1S/C21H19N5O/c1-27-18-8-7-15-9-10-25(13-17(15)11-18)20-12-19(16-5-3-2-4-6-16)24-21-22-14-23-26(20)21/h2-8,11-12,14H,9-10,13H2,1H3. The van der Waals surface area contributed by atoms with E-state index in [1.807, 2.05) is 28.8 Å². The van der Waals surface area contributed by atoms with E-state index in [1.54, 1.807) is 13.4 Å². The predicted molar refractivity (Wildman–Crippen MR) is 104 cm³/mol. The van der Waals surface area contributed by atoms with Gasteiger partial charge >= 0.3 is 0 Å². The van der Waals surface area contributed by atoms with Crippen LogP contribution in [-0.2, 0) is 13.0 Å². The smallest absolute Gasteiger partial charge is 0.254 e. The van der Waals surface area contributed by atoms with Crippen molar-refractivity contribution < 1.29 is 4.74 Å². The molecule has 1 aliphatic heterocycles. The van der Waals surface area contributed by atoms with Crippen molar-refractivity contribution in [2.75, 3.05) is 18.6 Å². The van der Waals surface area contributed by atoms with Gasteiger partial charge < -0.3 is 9.64 Å². The molecule has 6 heteroatoms. The molecule has 0 amide bonds. The summed E-state index contributed by atoms with van der Waals surface area (Å²) >= 11 is 0. The van der Waals surface area contributed by atoms with Crippen molar-refractivity contribution in [2.24, 2.45) is 0 Å². The van der Waals surface area contributed by atoms with Gasteiger partial charge in [0.25, 0.3) is 5.78 Å². The fourth-order valence-electron chi connectivity index (χ4n) is 3.63. The van der Waals surface area contributed by atoms with Crippen LogP contribution in [0.2, 0.25) is 0 Å². The van der Waals surface area contributed by atoms with Crippen LogP contribution in [0.5, 0.6) is 5.75 Å². The summed E-state index contributed by atoms with van der Waals surface area (Å²) in [5.41, 5.74) is 4.64. The molecule has 0 radical (unpaired) electrons. The zero-order valence-corrected chi connectivity index (χ0v) is 15.0. The van der Waals surface area contributed by atoms with Crippen molar-refractivity contribution >= 4 is 11.6 Å². The molecule has 0 aliphatic carbocycles. The minimum Gasteiger partial charge on any atom is -0.497 e. The van der Waals surface area contributed by atoms with Gasteiger partial charge in [0.2, 0.25) is 0 Å². The highest BCUT2D eigenvalue weighted by Gasteiger charge is 2.21. The van der Waals surface area contributed by atoms with Gasteiger partial charge in [-0.1, -0.05) is 36.4 Å². The highest BCUT2D eigenvalue weighted by atomic mass is 16.5. The molecule has 2 aromatic heterocycles. The zero-order chi connectivity index (χ0) is 18.2. The predicted octanol–water partition coefficient (Wildman–Crippen LogP) is 3.36. The molecule has 0 bridgehead atoms. The first-order valence-corrected chi connectivity index (χ1v) is 8.99. The average molecular weight is 357 g/mol. The summed E-state index contributed by atoms with van der Waals surface area (Å²) in [4.78, 5) is 11.3. The summed E-state index contributed by atoms with van der Waals surface area (Å²) in [5.74, 6) is 2.51. The maximum absolute atomic E-state index is 5.40. The number of methoxy groups -OCH3 is 1. The molecule has 3 heterocycles. The van der Waals surface area contributed by atoms with E-state index in [0.717, 1.165) is 42.3 Å². The molecular weight excluding hydrogens is 338 g/mol. The summed E-state index contributed by atoms with van der Waals surface area (Å²) in [6.07, 6.45) is 2.54. The Morgan fingerprint density at radius 1 is 1.00 bits per heavy atom. The lowest BCUT2D eigenvalue weighted by atomic mass is 9.99. The Labute approximate surface area is 157 Å². The van der Waals surface area contributed by atoms with Gasteiger partial charge in [0, 0.05) is 24.7 Å². The molecule has 0 N–H and O–H groups in total. The van der Waals surface area contributed by atoms with E-state index in [4.69, 9.17) is 4.74 Å². The summed E-state index contributed by atoms with van der Waals surface area (Å²) < 4.78 is 7.22. The number of benzene rings is 2. The Hall–Kier alpha value is -3.41. The molecule has 134 valence electrons. The zero-order valence-electron chi connectivity index (χ0n) is 15.0. The van der Waals surface area contributed by atoms with Crippen molar-refractivity contribution in [1.82, 2.24) is 19.6 Å². The molecule has 0 spiro atoms. The van der Waals surface area contributed by atoms with Crippen LogP contribution in [0.4, 0.5) is 5.82 Å². The summed E-state index contributed by atoms with van der Waals surface area (Å²) in [6, 6.07) is 18.6. The molecule has 0 fully saturated rings. The van der Waals surface area contributed by atoms with Crippen LogP contribution in [0.3, 0.4) is 0 Å². The molecule has 6 nitrogen and oxygen atoms in total. The summed E-state index contributed by atoms with van der Waals surface area (Å²) in [6.45, 7) is 1.73. The minimum absolute atomic E-state index is 0.614. The molecule has 4 aromatic rings. The second-order valence-corrected chi connectivity index (χ2v) is 6.64. The maximum Gasteiger partial charge on any atom is 0.254 e. The molecule has 5 rings (SSSR count). The van der Waals surface area contributed by atoms with Crippen molar-refractivity contribution in [1.29, 1.82) is 0 Å². The lowest BCUT2D eigenvalue weighted by molar-refractivity contribution is 0.413. The molecule has 0 atom stereocenters. The first-order valence-electron chi connectivity index (χ1n) is 8.99. The van der Waals surface area contributed by atoms with Crippen molar-refractivity contribution in [3.8, 4) is 17.0 Å². The summed E-state index contributed by atoms with van der Waals surface area (Å²) in [7, 11) is 1.70. The van der Waals surface area contributed by atoms with Gasteiger partial charge in [-0.25, -0.2) is 4.98 Å². The molecule has 2 aromatic carbocycles. The average Bonchev–Trinajstić information content (AvgIpc) is 3.21. The number of fused-ring (bicyclic) bond motifs is 2. The second kappa shape index (κ2) is 6.39. The quantitative estimate of drug-likeness (QED) is 0.563. The van der Waals surface area contributed by atoms with Crippen LogP contribution in [0, 0.1) is 0 Å². The lowest BCUT2D eigenvalue weighted by Crippen LogP contribution is -2.32. The highest BCUT2D eigenvalue weighted by molar-refractivity contribution is 5.66. The SMILES string of the molecule is COc1ccc2c(c1)CN(c1cc(-c3ccccc3)nc3ncnn13)CC2. The van der Waals surface area contributed by atoms with Crippen LogP contribution < -0.4 is 9.64 Å². The van der Waals surface area contributed by atoms with Crippen LogP contribution in [-0.4, -0.2) is 33.2 Å². The number of hydrogen-bond donors (Lipinski definition) is 0. The van der Waals surface area contributed by atoms with E-state index in [9.17, 15) is 0 Å². The number of hydrogen-bond acceptors (Lipinski definition) is 5. The number of anilines is 1. The third kappa shape index (κ3) is 2.79. The van der Waals surface area contributed by atoms with Crippen molar-refractivity contribution in [2.45, 2.75) is 13.0 Å². The Balaban J connectivity index is 1.59. The minimum atomic E-state index is 0.614. The van der Waals surface area contributed by atoms with Gasteiger partial charge in [0.05, 0.1) is 12.8 Å². The third-order valence-electron chi connectivity index (χ3n) is 5.05. The monoisotopic (exact) mass is 357 g/mol. The number of ether oxygens (including phenoxy) is 1. The van der Waals surface area contributed by atoms with Gasteiger partial charge in [0.15, 0.2) is 0 Å². The first-order chi connectivity index (χ1) is 13.3. The number of nitrogens with zero attached hydrogens (tertiary/aromatic N) is 5. The van der Waals surface area contributed by atoms with E-state index in [-0.39, 0.29) is 0 Å². The Morgan fingerprint density at radius 3 is 2.74 bits per heavy atom. The molecular formula is C21H19N5O. The van der Waals surface area contributed by atoms with Crippen molar-refractivity contribution in [3.05, 3.63) is 72.1 Å². The molecule has 0 saturated heterocycles. The maximum atomic E-state index is 5.40. The molecule has 27 heavy (non-hydrogen) atoms. The van der Waals surface area contributed by atoms with E-state index < -0.39 is 0 Å². The highest BCUT2D eigenvalue weighted by Crippen LogP contribution is 2.29. The molecule has 0 unspecified atom stereocenters. The normalized spacial score (nSPS) is 13.6. The van der Waals surface area contributed by atoms with Crippen LogP contribution in [0.1, 0.15) is 11.1 Å². The van der Waals surface area contributed by atoms with Gasteiger partial charge in [-0.2, -0.15) is 14.6 Å². The van der Waals surface area contributed by atoms with Crippen LogP contribution in [0.25, 0.3) is 17.0 Å². The lowest BCUT2D eigenvalue weighted by Gasteiger charge is -2.31. The van der Waals surface area contributed by atoms with Crippen LogP contribution >= 0.6 is 0 Å². The fraction of sp³-hybridized carbons (Fsp3) is 0.190. The van der Waals surface area contributed by atoms with E-state index in [2.05, 4.69) is 50.3 Å². The van der Waals surface area contributed by atoms with E-state index in [0.29, 0.717) is 5.78 Å². The number of aromatic nitrogens is 4. The molecule has 0 saturated carbocycles. The molecule has 1 aliphatic rings. The van der Waals surface area contributed by atoms with E-state index in [1.165, 1.54) is 11.1 Å². The summed E-state index contributed by atoms with van der Waals surface area (Å²) in [5, 5.41) is 4.40. The van der Waals surface area contributed by atoms with Crippen LogP contribution in [0.15, 0.2) is 60.9 Å². The second-order valence-electron chi connectivity index (χ2n) is 6.64. The first kappa shape index (κ1) is 15.8. The van der Waals surface area contributed by atoms with Gasteiger partial charge in [-0.05, 0) is 29.7 Å². The Bertz CT molecular complexity index is 1110. The Kier molecular flexibility index (Phi) is 3.74. The Morgan fingerprint density at radius 2 is 1.89 bits per heavy atom. The topological polar surface area (TPSA) is 55.5 Å². The van der Waals surface area contributed by atoms with Gasteiger partial charge in [-0.3, -0.25) is 0 Å². The van der Waals surface area contributed by atoms with Crippen molar-refractivity contribution in [3.63, 3.8) is 0 Å². The fourth-order valence-corrected chi connectivity index (χ4v) is 3.63. The van der Waals surface area contributed by atoms with E-state index >= 15 is 0 Å². The van der Waals surface area contributed by atoms with Gasteiger partial charge in [-0.15, -0.1) is 0 Å². The number of rotatable bonds is 3. The largest absolute Gasteiger partial charge is 0.497 e.